The van der Waals surface area contributed by atoms with E-state index in [0.29, 0.717) is 51.5 Å². The van der Waals surface area contributed by atoms with E-state index in [-0.39, 0.29) is 44.1 Å². The molecule has 4 unspecified atom stereocenters. The fourth-order valence-corrected chi connectivity index (χ4v) is 8.05. The molecule has 11 heteroatoms. The number of rotatable bonds is 36. The van der Waals surface area contributed by atoms with Gasteiger partial charge < -0.3 is 29.7 Å². The first-order chi connectivity index (χ1) is 27.0. The van der Waals surface area contributed by atoms with Crippen molar-refractivity contribution in [1.82, 2.24) is 5.32 Å². The number of carbonyl (C=O) groups excluding carboxylic acids is 3. The fraction of sp³-hybridized carbons (Fsp3) is 0.889. The van der Waals surface area contributed by atoms with Gasteiger partial charge >= 0.3 is 29.8 Å². The first-order valence-corrected chi connectivity index (χ1v) is 22.7. The molecule has 0 aromatic carbocycles. The van der Waals surface area contributed by atoms with Gasteiger partial charge in [0.05, 0.1) is 0 Å². The molecule has 1 aliphatic heterocycles. The molecule has 0 aromatic rings. The standard InChI is InChI=1S/C45H81NO10/c1-5-9-13-15-25-36(23-11-7-3)33-45(56-43(52)31-20-18-29-41(49)50,34-37(24-12-8-4)26-16-14-10-6-2)39(55-44(53)38-27-21-22-32-46-38)35-54-42(51)30-19-17-28-40(47)48/h36-39,46H,5-35H2,1-4H3,(H,47,48)(H,49,50). The molecule has 1 heterocycles. The van der Waals surface area contributed by atoms with E-state index in [0.717, 1.165) is 116 Å². The third-order valence-electron chi connectivity index (χ3n) is 11.3. The van der Waals surface area contributed by atoms with Gasteiger partial charge in [0, 0.05) is 25.7 Å². The molecule has 0 aliphatic carbocycles. The Labute approximate surface area is 339 Å². The average Bonchev–Trinajstić information content (AvgIpc) is 3.17. The van der Waals surface area contributed by atoms with Crippen molar-refractivity contribution in [3.8, 4) is 0 Å². The lowest BCUT2D eigenvalue weighted by Crippen LogP contribution is -2.55. The maximum Gasteiger partial charge on any atom is 0.323 e. The van der Waals surface area contributed by atoms with Crippen LogP contribution in [-0.4, -0.2) is 71.0 Å². The Kier molecular flexibility index (Phi) is 29.6. The smallest absolute Gasteiger partial charge is 0.323 e. The normalized spacial score (nSPS) is 17.0. The van der Waals surface area contributed by atoms with Crippen molar-refractivity contribution in [3.63, 3.8) is 0 Å². The Morgan fingerprint density at radius 3 is 1.55 bits per heavy atom. The first-order valence-electron chi connectivity index (χ1n) is 22.7. The summed E-state index contributed by atoms with van der Waals surface area (Å²) >= 11 is 0. The number of nitrogens with one attached hydrogen (secondary N) is 1. The average molecular weight is 796 g/mol. The number of carboxylic acids is 2. The van der Waals surface area contributed by atoms with Crippen molar-refractivity contribution in [2.45, 2.75) is 232 Å². The molecule has 1 aliphatic rings. The van der Waals surface area contributed by atoms with Crippen LogP contribution >= 0.6 is 0 Å². The molecule has 11 nitrogen and oxygen atoms in total. The second-order valence-electron chi connectivity index (χ2n) is 16.5. The number of unbranched alkanes of at least 4 members (excludes halogenated alkanes) is 10. The number of hydrogen-bond donors (Lipinski definition) is 3. The number of carboxylic acid groups (broad SMARTS) is 2. The Balaban J connectivity index is 3.82. The predicted octanol–water partition coefficient (Wildman–Crippen LogP) is 10.5. The van der Waals surface area contributed by atoms with Gasteiger partial charge in [-0.05, 0) is 69.7 Å². The zero-order chi connectivity index (χ0) is 41.4. The summed E-state index contributed by atoms with van der Waals surface area (Å²) < 4.78 is 19.2. The van der Waals surface area contributed by atoms with Crippen LogP contribution in [0.1, 0.15) is 214 Å². The number of carbonyl (C=O) groups is 5. The zero-order valence-corrected chi connectivity index (χ0v) is 35.9. The number of piperidine rings is 1. The van der Waals surface area contributed by atoms with Gasteiger partial charge in [0.25, 0.3) is 0 Å². The van der Waals surface area contributed by atoms with Gasteiger partial charge in [0.2, 0.25) is 0 Å². The second-order valence-corrected chi connectivity index (χ2v) is 16.5. The molecule has 0 radical (unpaired) electrons. The van der Waals surface area contributed by atoms with E-state index >= 15 is 0 Å². The molecule has 1 rings (SSSR count). The molecule has 0 bridgehead atoms. The van der Waals surface area contributed by atoms with E-state index in [1.807, 2.05) is 0 Å². The number of aliphatic carboxylic acids is 2. The molecule has 1 fully saturated rings. The van der Waals surface area contributed by atoms with Crippen molar-refractivity contribution < 1.29 is 48.4 Å². The summed E-state index contributed by atoms with van der Waals surface area (Å²) in [6, 6.07) is -0.516. The van der Waals surface area contributed by atoms with Crippen LogP contribution in [0.2, 0.25) is 0 Å². The van der Waals surface area contributed by atoms with Gasteiger partial charge in [-0.2, -0.15) is 0 Å². The largest absolute Gasteiger partial charge is 0.481 e. The van der Waals surface area contributed by atoms with Crippen LogP contribution in [0.3, 0.4) is 0 Å². The van der Waals surface area contributed by atoms with E-state index in [4.69, 9.17) is 19.3 Å². The molecule has 0 amide bonds. The van der Waals surface area contributed by atoms with Crippen LogP contribution in [0.5, 0.6) is 0 Å². The van der Waals surface area contributed by atoms with Crippen LogP contribution in [0.25, 0.3) is 0 Å². The maximum atomic E-state index is 14.1. The summed E-state index contributed by atoms with van der Waals surface area (Å²) in [5, 5.41) is 21.6. The number of hydrogen-bond acceptors (Lipinski definition) is 9. The van der Waals surface area contributed by atoms with Crippen molar-refractivity contribution in [3.05, 3.63) is 0 Å². The van der Waals surface area contributed by atoms with E-state index in [1.165, 1.54) is 0 Å². The second kappa shape index (κ2) is 32.3. The summed E-state index contributed by atoms with van der Waals surface area (Å²) in [5.74, 6) is -2.87. The highest BCUT2D eigenvalue weighted by molar-refractivity contribution is 5.76. The lowest BCUT2D eigenvalue weighted by molar-refractivity contribution is -0.204. The molecule has 56 heavy (non-hydrogen) atoms. The fourth-order valence-electron chi connectivity index (χ4n) is 8.05. The van der Waals surface area contributed by atoms with Crippen LogP contribution < -0.4 is 5.32 Å². The Hall–Kier alpha value is -2.69. The Morgan fingerprint density at radius 1 is 0.607 bits per heavy atom. The Bertz CT molecular complexity index is 1050. The molecular weight excluding hydrogens is 714 g/mol. The molecule has 4 atom stereocenters. The Morgan fingerprint density at radius 2 is 1.09 bits per heavy atom. The summed E-state index contributed by atoms with van der Waals surface area (Å²) in [5.41, 5.74) is -1.27. The van der Waals surface area contributed by atoms with Crippen molar-refractivity contribution in [1.29, 1.82) is 0 Å². The van der Waals surface area contributed by atoms with Gasteiger partial charge in [0.15, 0.2) is 11.7 Å². The van der Waals surface area contributed by atoms with Crippen LogP contribution in [0, 0.1) is 11.8 Å². The molecule has 326 valence electrons. The predicted molar refractivity (Wildman–Crippen MR) is 220 cm³/mol. The van der Waals surface area contributed by atoms with Crippen molar-refractivity contribution in [2.24, 2.45) is 11.8 Å². The molecule has 3 N–H and O–H groups in total. The SMILES string of the molecule is CCCCCCC(CCCC)CC(CC(CCCC)CCCCCC)(OC(=O)CCCCC(=O)O)C(COC(=O)CCCCC(=O)O)OC(=O)C1CCCCN1. The maximum absolute atomic E-state index is 14.1. The lowest BCUT2D eigenvalue weighted by Gasteiger charge is -2.44. The first kappa shape index (κ1) is 51.3. The highest BCUT2D eigenvalue weighted by Gasteiger charge is 2.49. The molecular formula is C45H81NO10. The van der Waals surface area contributed by atoms with Gasteiger partial charge in [-0.25, -0.2) is 0 Å². The topological polar surface area (TPSA) is 166 Å². The molecule has 1 saturated heterocycles. The zero-order valence-electron chi connectivity index (χ0n) is 35.9. The summed E-state index contributed by atoms with van der Waals surface area (Å²) in [6.45, 7) is 9.16. The third-order valence-corrected chi connectivity index (χ3v) is 11.3. The highest BCUT2D eigenvalue weighted by atomic mass is 16.6. The monoisotopic (exact) mass is 796 g/mol. The van der Waals surface area contributed by atoms with E-state index in [9.17, 15) is 29.1 Å². The van der Waals surface area contributed by atoms with E-state index in [1.54, 1.807) is 0 Å². The number of ether oxygens (including phenoxy) is 3. The molecule has 0 saturated carbocycles. The van der Waals surface area contributed by atoms with E-state index in [2.05, 4.69) is 33.0 Å². The van der Waals surface area contributed by atoms with Gasteiger partial charge in [-0.3, -0.25) is 24.0 Å². The van der Waals surface area contributed by atoms with Gasteiger partial charge in [-0.1, -0.05) is 137 Å². The van der Waals surface area contributed by atoms with Crippen LogP contribution in [-0.2, 0) is 38.2 Å². The minimum Gasteiger partial charge on any atom is -0.481 e. The van der Waals surface area contributed by atoms with Crippen molar-refractivity contribution >= 4 is 29.8 Å². The minimum atomic E-state index is -1.27. The minimum absolute atomic E-state index is 0.0294. The number of esters is 3. The molecule has 0 aromatic heterocycles. The van der Waals surface area contributed by atoms with Gasteiger partial charge in [0.1, 0.15) is 12.6 Å². The van der Waals surface area contributed by atoms with Crippen LogP contribution in [0.15, 0.2) is 0 Å². The van der Waals surface area contributed by atoms with Crippen molar-refractivity contribution in [2.75, 3.05) is 13.2 Å². The highest BCUT2D eigenvalue weighted by Crippen LogP contribution is 2.41. The molecule has 0 spiro atoms. The van der Waals surface area contributed by atoms with E-state index < -0.39 is 47.6 Å². The lowest BCUT2D eigenvalue weighted by atomic mass is 9.74. The quantitative estimate of drug-likeness (QED) is 0.0314. The summed E-state index contributed by atoms with van der Waals surface area (Å²) in [6.07, 6.45) is 20.4. The summed E-state index contributed by atoms with van der Waals surface area (Å²) in [7, 11) is 0. The summed E-state index contributed by atoms with van der Waals surface area (Å²) in [4.78, 5) is 63.7. The van der Waals surface area contributed by atoms with Crippen LogP contribution in [0.4, 0.5) is 0 Å². The third kappa shape index (κ3) is 24.2. The van der Waals surface area contributed by atoms with Gasteiger partial charge in [-0.15, -0.1) is 0 Å².